The second kappa shape index (κ2) is 7.92. The van der Waals surface area contributed by atoms with E-state index in [0.29, 0.717) is 32.0 Å². The highest BCUT2D eigenvalue weighted by Crippen LogP contribution is 2.24. The number of sulfonamides is 1. The lowest BCUT2D eigenvalue weighted by Gasteiger charge is -2.42. The molecule has 136 valence electrons. The maximum Gasteiger partial charge on any atom is 0.265 e. The predicted octanol–water partition coefficient (Wildman–Crippen LogP) is 0.560. The summed E-state index contributed by atoms with van der Waals surface area (Å²) in [5.74, 6) is 0.195. The van der Waals surface area contributed by atoms with Crippen LogP contribution >= 0.6 is 11.3 Å². The first-order valence-electron chi connectivity index (χ1n) is 7.98. The Morgan fingerprint density at radius 3 is 2.75 bits per heavy atom. The summed E-state index contributed by atoms with van der Waals surface area (Å²) in [4.78, 5) is 16.8. The molecule has 9 heteroatoms. The zero-order chi connectivity index (χ0) is 17.9. The van der Waals surface area contributed by atoms with Crippen molar-refractivity contribution in [3.63, 3.8) is 0 Å². The van der Waals surface area contributed by atoms with Crippen molar-refractivity contribution in [2.45, 2.75) is 31.2 Å². The van der Waals surface area contributed by atoms with Gasteiger partial charge in [-0.1, -0.05) is 13.8 Å². The monoisotopic (exact) mass is 375 g/mol. The van der Waals surface area contributed by atoms with Crippen molar-refractivity contribution in [2.75, 3.05) is 32.8 Å². The van der Waals surface area contributed by atoms with Crippen LogP contribution in [0.15, 0.2) is 16.3 Å². The molecule has 1 saturated heterocycles. The molecule has 1 atom stereocenters. The average molecular weight is 376 g/mol. The molecule has 0 aliphatic carbocycles. The van der Waals surface area contributed by atoms with Crippen LogP contribution in [-0.4, -0.2) is 68.1 Å². The summed E-state index contributed by atoms with van der Waals surface area (Å²) in [7, 11) is -3.91. The predicted molar refractivity (Wildman–Crippen MR) is 93.5 cm³/mol. The summed E-state index contributed by atoms with van der Waals surface area (Å²) in [5, 5.41) is 16.1. The summed E-state index contributed by atoms with van der Waals surface area (Å²) in [5.41, 5.74) is 0. The number of aliphatic hydroxyl groups excluding tert-OH is 1. The molecule has 24 heavy (non-hydrogen) atoms. The second-order valence-electron chi connectivity index (χ2n) is 6.47. The first kappa shape index (κ1) is 19.3. The second-order valence-corrected chi connectivity index (χ2v) is 8.91. The smallest absolute Gasteiger partial charge is 0.265 e. The van der Waals surface area contributed by atoms with E-state index >= 15 is 0 Å². The van der Waals surface area contributed by atoms with E-state index in [4.69, 9.17) is 5.14 Å². The Bertz CT molecular complexity index is 672. The Morgan fingerprint density at radius 1 is 1.46 bits per heavy atom. The van der Waals surface area contributed by atoms with E-state index in [0.717, 1.165) is 17.9 Å². The van der Waals surface area contributed by atoms with Crippen LogP contribution in [0.5, 0.6) is 0 Å². The molecular weight excluding hydrogens is 350 g/mol. The number of hydrogen-bond acceptors (Lipinski definition) is 6. The summed E-state index contributed by atoms with van der Waals surface area (Å²) >= 11 is 1.09. The van der Waals surface area contributed by atoms with E-state index in [9.17, 15) is 18.3 Å². The SMILES string of the molecule is CC(C)CN1CCN(C(=O)c2sccc2S(N)(=O)=O)CC1CCO. The fraction of sp³-hybridized carbons (Fsp3) is 0.667. The molecule has 0 spiro atoms. The third-order valence-electron chi connectivity index (χ3n) is 4.08. The molecule has 0 aromatic carbocycles. The van der Waals surface area contributed by atoms with Crippen molar-refractivity contribution in [1.82, 2.24) is 9.80 Å². The molecule has 1 fully saturated rings. The molecule has 1 aliphatic rings. The first-order chi connectivity index (χ1) is 11.2. The number of hydrogen-bond donors (Lipinski definition) is 2. The lowest BCUT2D eigenvalue weighted by atomic mass is 10.1. The quantitative estimate of drug-likeness (QED) is 0.756. The summed E-state index contributed by atoms with van der Waals surface area (Å²) in [6, 6.07) is 1.45. The minimum Gasteiger partial charge on any atom is -0.396 e. The largest absolute Gasteiger partial charge is 0.396 e. The molecule has 0 radical (unpaired) electrons. The number of carbonyl (C=O) groups is 1. The van der Waals surface area contributed by atoms with Gasteiger partial charge in [-0.25, -0.2) is 13.6 Å². The number of piperazine rings is 1. The fourth-order valence-corrected chi connectivity index (χ4v) is 4.97. The molecule has 1 aromatic rings. The summed E-state index contributed by atoms with van der Waals surface area (Å²) in [6.07, 6.45) is 0.586. The molecule has 0 bridgehead atoms. The number of carbonyl (C=O) groups excluding carboxylic acids is 1. The van der Waals surface area contributed by atoms with E-state index < -0.39 is 10.0 Å². The van der Waals surface area contributed by atoms with E-state index in [-0.39, 0.29) is 28.3 Å². The molecule has 2 rings (SSSR count). The minimum absolute atomic E-state index is 0.0583. The molecule has 1 unspecified atom stereocenters. The van der Waals surface area contributed by atoms with Gasteiger partial charge in [-0.15, -0.1) is 11.3 Å². The Hall–Kier alpha value is -1.00. The maximum atomic E-state index is 12.7. The number of rotatable bonds is 6. The number of amides is 1. The molecule has 3 N–H and O–H groups in total. The number of aliphatic hydroxyl groups is 1. The first-order valence-corrected chi connectivity index (χ1v) is 10.4. The van der Waals surface area contributed by atoms with Crippen LogP contribution < -0.4 is 5.14 Å². The number of primary sulfonamides is 1. The molecule has 1 aliphatic heterocycles. The number of nitrogens with zero attached hydrogens (tertiary/aromatic N) is 2. The third-order valence-corrected chi connectivity index (χ3v) is 6.07. The van der Waals surface area contributed by atoms with E-state index in [1.807, 2.05) is 0 Å². The van der Waals surface area contributed by atoms with Crippen molar-refractivity contribution < 1.29 is 18.3 Å². The van der Waals surface area contributed by atoms with Crippen LogP contribution in [0.2, 0.25) is 0 Å². The van der Waals surface area contributed by atoms with Crippen LogP contribution in [0.4, 0.5) is 0 Å². The fourth-order valence-electron chi connectivity index (χ4n) is 3.03. The highest BCUT2D eigenvalue weighted by molar-refractivity contribution is 7.89. The van der Waals surface area contributed by atoms with Gasteiger partial charge in [0.1, 0.15) is 9.77 Å². The standard InChI is InChI=1S/C15H25N3O4S2/c1-11(2)9-17-5-6-18(10-12(17)3-7-19)15(20)14-13(4-8-23-14)24(16,21)22/h4,8,11-12,19H,3,5-7,9-10H2,1-2H3,(H2,16,21,22). The van der Waals surface area contributed by atoms with Gasteiger partial charge in [0.25, 0.3) is 5.91 Å². The molecular formula is C15H25N3O4S2. The van der Waals surface area contributed by atoms with Gasteiger partial charge in [-0.2, -0.15) is 0 Å². The normalized spacial score (nSPS) is 19.9. The molecule has 1 aromatic heterocycles. The molecule has 1 amide bonds. The van der Waals surface area contributed by atoms with E-state index in [1.165, 1.54) is 6.07 Å². The lowest BCUT2D eigenvalue weighted by Crippen LogP contribution is -2.55. The van der Waals surface area contributed by atoms with E-state index in [1.54, 1.807) is 10.3 Å². The van der Waals surface area contributed by atoms with Gasteiger partial charge in [0.05, 0.1) is 0 Å². The Labute approximate surface area is 147 Å². The van der Waals surface area contributed by atoms with Crippen molar-refractivity contribution >= 4 is 27.3 Å². The van der Waals surface area contributed by atoms with Crippen molar-refractivity contribution in [3.05, 3.63) is 16.3 Å². The van der Waals surface area contributed by atoms with Crippen LogP contribution in [0.1, 0.15) is 29.9 Å². The number of nitrogens with two attached hydrogens (primary N) is 1. The molecule has 2 heterocycles. The van der Waals surface area contributed by atoms with Gasteiger partial charge in [-0.3, -0.25) is 9.69 Å². The topological polar surface area (TPSA) is 104 Å². The van der Waals surface area contributed by atoms with Gasteiger partial charge < -0.3 is 10.0 Å². The highest BCUT2D eigenvalue weighted by atomic mass is 32.2. The van der Waals surface area contributed by atoms with Crippen LogP contribution in [0.25, 0.3) is 0 Å². The minimum atomic E-state index is -3.91. The van der Waals surface area contributed by atoms with Crippen molar-refractivity contribution in [3.8, 4) is 0 Å². The van der Waals surface area contributed by atoms with Crippen molar-refractivity contribution in [2.24, 2.45) is 11.1 Å². The van der Waals surface area contributed by atoms with Gasteiger partial charge in [0, 0.05) is 38.8 Å². The van der Waals surface area contributed by atoms with Gasteiger partial charge in [0.2, 0.25) is 10.0 Å². The van der Waals surface area contributed by atoms with Crippen LogP contribution in [0.3, 0.4) is 0 Å². The Balaban J connectivity index is 2.16. The Morgan fingerprint density at radius 2 is 2.17 bits per heavy atom. The molecule has 7 nitrogen and oxygen atoms in total. The third kappa shape index (κ3) is 4.54. The van der Waals surface area contributed by atoms with Gasteiger partial charge in [-0.05, 0) is 23.8 Å². The summed E-state index contributed by atoms with van der Waals surface area (Å²) < 4.78 is 23.2. The molecule has 0 saturated carbocycles. The highest BCUT2D eigenvalue weighted by Gasteiger charge is 2.32. The zero-order valence-corrected chi connectivity index (χ0v) is 15.6. The van der Waals surface area contributed by atoms with Crippen molar-refractivity contribution in [1.29, 1.82) is 0 Å². The van der Waals surface area contributed by atoms with Crippen LogP contribution in [-0.2, 0) is 10.0 Å². The van der Waals surface area contributed by atoms with Gasteiger partial charge in [0.15, 0.2) is 0 Å². The Kier molecular flexibility index (Phi) is 6.38. The van der Waals surface area contributed by atoms with Crippen LogP contribution in [0, 0.1) is 5.92 Å². The average Bonchev–Trinajstić information content (AvgIpc) is 2.97. The number of thiophene rings is 1. The zero-order valence-electron chi connectivity index (χ0n) is 14.0. The van der Waals surface area contributed by atoms with E-state index in [2.05, 4.69) is 18.7 Å². The lowest BCUT2D eigenvalue weighted by molar-refractivity contribution is 0.0385. The summed E-state index contributed by atoms with van der Waals surface area (Å²) in [6.45, 7) is 6.97. The van der Waals surface area contributed by atoms with Gasteiger partial charge >= 0.3 is 0 Å². The maximum absolute atomic E-state index is 12.7.